The lowest BCUT2D eigenvalue weighted by Crippen LogP contribution is -2.37. The average molecular weight is 1130 g/mol. The molecular weight excluding hydrogens is 1010 g/mol. The van der Waals surface area contributed by atoms with Gasteiger partial charge in [-0.25, -0.2) is 4.57 Å². The van der Waals surface area contributed by atoms with E-state index in [4.69, 9.17) is 18.5 Å². The first-order chi connectivity index (χ1) is 39.0. The zero-order valence-electron chi connectivity index (χ0n) is 51.8. The number of phosphoric ester groups is 1. The second-order valence-corrected chi connectivity index (χ2v) is 23.5. The average Bonchev–Trinajstić information content (AvgIpc) is 3.42. The first kappa shape index (κ1) is 76.1. The van der Waals surface area contributed by atoms with Gasteiger partial charge in [0.15, 0.2) is 6.10 Å². The summed E-state index contributed by atoms with van der Waals surface area (Å²) in [5, 5.41) is 0. The number of allylic oxidation sites excluding steroid dienone is 22. The van der Waals surface area contributed by atoms with Gasteiger partial charge in [-0.15, -0.1) is 0 Å². The molecule has 0 aromatic rings. The molecule has 0 rings (SSSR count). The van der Waals surface area contributed by atoms with E-state index in [0.717, 1.165) is 116 Å². The fourth-order valence-corrected chi connectivity index (χ4v) is 9.01. The van der Waals surface area contributed by atoms with Gasteiger partial charge in [0, 0.05) is 12.8 Å². The molecule has 0 aliphatic heterocycles. The van der Waals surface area contributed by atoms with E-state index in [0.29, 0.717) is 17.4 Å². The Bertz CT molecular complexity index is 1810. The van der Waals surface area contributed by atoms with Gasteiger partial charge in [0.1, 0.15) is 19.8 Å². The van der Waals surface area contributed by atoms with Crippen LogP contribution in [-0.2, 0) is 32.7 Å². The molecule has 0 aromatic carbocycles. The summed E-state index contributed by atoms with van der Waals surface area (Å²) in [6, 6.07) is 0. The summed E-state index contributed by atoms with van der Waals surface area (Å²) in [5.74, 6) is -0.814. The van der Waals surface area contributed by atoms with Crippen LogP contribution in [0.2, 0.25) is 0 Å². The molecule has 0 saturated heterocycles. The van der Waals surface area contributed by atoms with Crippen molar-refractivity contribution in [1.82, 2.24) is 0 Å². The van der Waals surface area contributed by atoms with Gasteiger partial charge < -0.3 is 18.9 Å². The number of likely N-dealkylation sites (N-methyl/N-ethyl adjacent to an activating group) is 1. The zero-order chi connectivity index (χ0) is 58.4. The molecule has 0 aliphatic rings. The number of rotatable bonds is 57. The van der Waals surface area contributed by atoms with Crippen LogP contribution in [0.25, 0.3) is 0 Å². The predicted molar refractivity (Wildman–Crippen MR) is 344 cm³/mol. The normalized spacial score (nSPS) is 14.1. The maximum atomic E-state index is 12.8. The Morgan fingerprint density at radius 1 is 0.400 bits per heavy atom. The van der Waals surface area contributed by atoms with Gasteiger partial charge >= 0.3 is 19.8 Å². The van der Waals surface area contributed by atoms with Crippen molar-refractivity contribution in [2.24, 2.45) is 0 Å². The predicted octanol–water partition coefficient (Wildman–Crippen LogP) is 20.5. The summed E-state index contributed by atoms with van der Waals surface area (Å²) in [5.41, 5.74) is 0. The topological polar surface area (TPSA) is 108 Å². The highest BCUT2D eigenvalue weighted by atomic mass is 31.2. The molecular formula is C70H119NO8P+. The Labute approximate surface area is 491 Å². The monoisotopic (exact) mass is 1130 g/mol. The second kappa shape index (κ2) is 59.8. The SMILES string of the molecule is CC/C=C\C/C=C\C/C=C\C/C=C\C/C=C\C/C=C\C/C=C\C/C=C\C/C=C\CCCCCCCCCCCC(=O)OC(COC(=O)CCCCCCCCCCC/C=C\C/C=C\CCCCC)COP(=O)(O)OCC[N+](C)(C)C. The number of unbranched alkanes of at least 4 members (excludes halogenated alkanes) is 21. The number of carbonyl (C=O) groups is 2. The largest absolute Gasteiger partial charge is 0.472 e. The number of nitrogens with zero attached hydrogens (tertiary/aromatic N) is 1. The summed E-state index contributed by atoms with van der Waals surface area (Å²) in [6.07, 6.45) is 86.7. The van der Waals surface area contributed by atoms with Gasteiger partial charge in [-0.3, -0.25) is 18.6 Å². The smallest absolute Gasteiger partial charge is 0.462 e. The maximum Gasteiger partial charge on any atom is 0.472 e. The molecule has 0 fully saturated rings. The second-order valence-electron chi connectivity index (χ2n) is 22.1. The molecule has 0 amide bonds. The van der Waals surface area contributed by atoms with E-state index >= 15 is 0 Å². The van der Waals surface area contributed by atoms with Crippen molar-refractivity contribution < 1.29 is 42.1 Å². The highest BCUT2D eigenvalue weighted by molar-refractivity contribution is 7.47. The number of phosphoric acid groups is 1. The van der Waals surface area contributed by atoms with Gasteiger partial charge in [0.05, 0.1) is 27.7 Å². The first-order valence-corrected chi connectivity index (χ1v) is 33.4. The van der Waals surface area contributed by atoms with Crippen LogP contribution in [0.1, 0.15) is 245 Å². The Kier molecular flexibility index (Phi) is 56.9. The third-order valence-electron chi connectivity index (χ3n) is 13.2. The van der Waals surface area contributed by atoms with Crippen LogP contribution in [0, 0.1) is 0 Å². The molecule has 9 nitrogen and oxygen atoms in total. The van der Waals surface area contributed by atoms with Crippen LogP contribution in [-0.4, -0.2) is 74.9 Å². The standard InChI is InChI=1S/C70H118NO8P/c1-6-8-10-12-14-16-18-20-22-24-26-27-28-29-30-31-32-33-34-35-36-37-38-39-40-41-42-43-45-47-49-51-53-55-57-59-61-63-70(73)79-68(67-78-80(74,75)77-65-64-71(3,4)5)66-76-69(72)62-60-58-56-54-52-50-48-46-44-25-23-21-19-17-15-13-11-9-7-2/h8,10,14-17,20-23,26-27,29-30,32-33,35-36,38-39,41-42,68H,6-7,9,11-13,18-19,24-25,28,31,34,37,40,43-67H2,1-5H3/p+1/b10-8-,16-14-,17-15-,22-20-,23-21-,27-26-,30-29-,33-32-,36-35-,39-38-,42-41-. The Balaban J connectivity index is 4.14. The van der Waals surface area contributed by atoms with E-state index in [1.54, 1.807) is 0 Å². The fourth-order valence-electron chi connectivity index (χ4n) is 8.27. The Morgan fingerprint density at radius 3 is 1.06 bits per heavy atom. The molecule has 2 unspecified atom stereocenters. The number of ether oxygens (including phenoxy) is 2. The quantitative estimate of drug-likeness (QED) is 0.0211. The number of esters is 2. The number of carbonyl (C=O) groups excluding carboxylic acids is 2. The molecule has 0 bridgehead atoms. The van der Waals surface area contributed by atoms with E-state index in [-0.39, 0.29) is 32.0 Å². The lowest BCUT2D eigenvalue weighted by molar-refractivity contribution is -0.870. The lowest BCUT2D eigenvalue weighted by Gasteiger charge is -2.24. The van der Waals surface area contributed by atoms with Gasteiger partial charge in [-0.05, 0) is 116 Å². The van der Waals surface area contributed by atoms with Gasteiger partial charge in [-0.1, -0.05) is 250 Å². The van der Waals surface area contributed by atoms with Gasteiger partial charge in [0.2, 0.25) is 0 Å². The van der Waals surface area contributed by atoms with E-state index in [9.17, 15) is 19.0 Å². The number of quaternary nitrogens is 1. The first-order valence-electron chi connectivity index (χ1n) is 31.9. The van der Waals surface area contributed by atoms with Crippen molar-refractivity contribution in [3.63, 3.8) is 0 Å². The molecule has 0 radical (unpaired) electrons. The minimum absolute atomic E-state index is 0.0235. The van der Waals surface area contributed by atoms with E-state index in [1.165, 1.54) is 96.3 Å². The minimum Gasteiger partial charge on any atom is -0.462 e. The van der Waals surface area contributed by atoms with Crippen molar-refractivity contribution >= 4 is 19.8 Å². The Morgan fingerprint density at radius 2 is 0.713 bits per heavy atom. The molecule has 0 aromatic heterocycles. The van der Waals surface area contributed by atoms with Crippen molar-refractivity contribution in [3.8, 4) is 0 Å². The summed E-state index contributed by atoms with van der Waals surface area (Å²) in [4.78, 5) is 35.8. The van der Waals surface area contributed by atoms with Crippen LogP contribution in [0.5, 0.6) is 0 Å². The summed E-state index contributed by atoms with van der Waals surface area (Å²) >= 11 is 0. The summed E-state index contributed by atoms with van der Waals surface area (Å²) < 4.78 is 34.6. The minimum atomic E-state index is -4.40. The highest BCUT2D eigenvalue weighted by Gasteiger charge is 2.27. The molecule has 80 heavy (non-hydrogen) atoms. The van der Waals surface area contributed by atoms with Crippen molar-refractivity contribution in [3.05, 3.63) is 134 Å². The molecule has 0 saturated carbocycles. The van der Waals surface area contributed by atoms with Gasteiger partial charge in [-0.2, -0.15) is 0 Å². The summed E-state index contributed by atoms with van der Waals surface area (Å²) in [6.45, 7) is 4.28. The number of hydrogen-bond acceptors (Lipinski definition) is 7. The molecule has 10 heteroatoms. The van der Waals surface area contributed by atoms with Crippen molar-refractivity contribution in [1.29, 1.82) is 0 Å². The molecule has 0 aliphatic carbocycles. The van der Waals surface area contributed by atoms with E-state index in [2.05, 4.69) is 148 Å². The maximum absolute atomic E-state index is 12.8. The fraction of sp³-hybridized carbons (Fsp3) is 0.657. The third-order valence-corrected chi connectivity index (χ3v) is 14.1. The zero-order valence-corrected chi connectivity index (χ0v) is 52.7. The number of hydrogen-bond donors (Lipinski definition) is 1. The van der Waals surface area contributed by atoms with Crippen molar-refractivity contribution in [2.45, 2.75) is 251 Å². The van der Waals surface area contributed by atoms with Crippen LogP contribution < -0.4 is 0 Å². The van der Waals surface area contributed by atoms with E-state index < -0.39 is 26.5 Å². The lowest BCUT2D eigenvalue weighted by atomic mass is 10.1. The van der Waals surface area contributed by atoms with Crippen LogP contribution >= 0.6 is 7.82 Å². The molecule has 0 heterocycles. The van der Waals surface area contributed by atoms with Crippen molar-refractivity contribution in [2.75, 3.05) is 47.5 Å². The highest BCUT2D eigenvalue weighted by Crippen LogP contribution is 2.43. The van der Waals surface area contributed by atoms with Crippen LogP contribution in [0.15, 0.2) is 134 Å². The molecule has 0 spiro atoms. The summed E-state index contributed by atoms with van der Waals surface area (Å²) in [7, 11) is 1.46. The van der Waals surface area contributed by atoms with E-state index in [1.807, 2.05) is 21.1 Å². The molecule has 456 valence electrons. The Hall–Kier alpha value is -3.85. The van der Waals surface area contributed by atoms with Gasteiger partial charge in [0.25, 0.3) is 0 Å². The van der Waals surface area contributed by atoms with Crippen LogP contribution in [0.3, 0.4) is 0 Å². The molecule has 2 atom stereocenters. The third kappa shape index (κ3) is 63.3. The van der Waals surface area contributed by atoms with Crippen LogP contribution in [0.4, 0.5) is 0 Å². The molecule has 1 N–H and O–H groups in total.